The molecular formula is C53H74N20O11. The van der Waals surface area contributed by atoms with Crippen molar-refractivity contribution in [2.75, 3.05) is 61.2 Å². The summed E-state index contributed by atoms with van der Waals surface area (Å²) in [5, 5.41) is 43.0. The number of anilines is 4. The van der Waals surface area contributed by atoms with Crippen LogP contribution in [0.4, 0.5) is 22.7 Å². The molecule has 4 atom stereocenters. The number of aromatic hydroxyl groups is 2. The van der Waals surface area contributed by atoms with Gasteiger partial charge in [0.2, 0.25) is 23.6 Å². The first-order valence-corrected chi connectivity index (χ1v) is 26.2. The van der Waals surface area contributed by atoms with Crippen molar-refractivity contribution in [1.82, 2.24) is 21.3 Å². The number of nitrogens with zero attached hydrogens (tertiary/aromatic N) is 3. The van der Waals surface area contributed by atoms with Gasteiger partial charge in [-0.15, -0.1) is 0 Å². The summed E-state index contributed by atoms with van der Waals surface area (Å²) in [5.74, 6) is -7.53. The number of methoxy groups -OCH3 is 1. The Labute approximate surface area is 482 Å². The van der Waals surface area contributed by atoms with E-state index >= 15 is 0 Å². The van der Waals surface area contributed by atoms with Gasteiger partial charge in [0.25, 0.3) is 23.6 Å². The summed E-state index contributed by atoms with van der Waals surface area (Å²) >= 11 is 0. The molecule has 28 N–H and O–H groups in total. The molecule has 0 fully saturated rings. The SMILES string of the molecule is COc1ccc(NC(=O)[C@@H](CCCN=C(N)N)NC(=O)c2cccc(NC(=O)[C@@H](CCCN=C(N)N)NC(=O)c3cc(NC(=O)[C@@H](CCCNCN)NC(=O)c4cc(NC(=O)[C@H](N)CCCN=C(N)N)ccc4O)ccc3O)c2)cc1C(N)=O. The van der Waals surface area contributed by atoms with E-state index in [-0.39, 0.29) is 133 Å². The second-order valence-corrected chi connectivity index (χ2v) is 18.7. The lowest BCUT2D eigenvalue weighted by molar-refractivity contribution is -0.118. The molecule has 0 spiro atoms. The number of rotatable bonds is 33. The van der Waals surface area contributed by atoms with E-state index in [0.717, 1.165) is 12.1 Å². The Hall–Kier alpha value is -10.3. The first-order valence-electron chi connectivity index (χ1n) is 26.2. The van der Waals surface area contributed by atoms with Crippen LogP contribution in [0.3, 0.4) is 0 Å². The van der Waals surface area contributed by atoms with Crippen LogP contribution < -0.4 is 98.9 Å². The van der Waals surface area contributed by atoms with Crippen molar-refractivity contribution in [3.8, 4) is 17.2 Å². The fourth-order valence-corrected chi connectivity index (χ4v) is 7.94. The Balaban J connectivity index is 1.52. The monoisotopic (exact) mass is 1170 g/mol. The summed E-state index contributed by atoms with van der Waals surface area (Å²) in [6.07, 6.45) is 1.41. The Morgan fingerprint density at radius 1 is 0.500 bits per heavy atom. The lowest BCUT2D eigenvalue weighted by atomic mass is 10.1. The second-order valence-electron chi connectivity index (χ2n) is 18.7. The molecular weight excluding hydrogens is 1090 g/mol. The van der Waals surface area contributed by atoms with Gasteiger partial charge in [0.1, 0.15) is 35.4 Å². The lowest BCUT2D eigenvalue weighted by Crippen LogP contribution is -2.44. The van der Waals surface area contributed by atoms with Gasteiger partial charge in [-0.25, -0.2) is 0 Å². The number of hydrogen-bond donors (Lipinski definition) is 19. The summed E-state index contributed by atoms with van der Waals surface area (Å²) in [4.78, 5) is 120. The van der Waals surface area contributed by atoms with Gasteiger partial charge < -0.3 is 109 Å². The summed E-state index contributed by atoms with van der Waals surface area (Å²) < 4.78 is 5.18. The number of nitrogens with one attached hydrogen (secondary N) is 8. The molecule has 8 amide bonds. The van der Waals surface area contributed by atoms with Crippen molar-refractivity contribution < 1.29 is 53.3 Å². The van der Waals surface area contributed by atoms with E-state index in [1.807, 2.05) is 0 Å². The fraction of sp³-hybridized carbons (Fsp3) is 0.340. The first-order chi connectivity index (χ1) is 40.0. The van der Waals surface area contributed by atoms with Gasteiger partial charge in [-0.1, -0.05) is 6.07 Å². The smallest absolute Gasteiger partial charge is 0.255 e. The quantitative estimate of drug-likeness (QED) is 0.00817. The molecule has 0 aliphatic carbocycles. The molecule has 31 nitrogen and oxygen atoms in total. The van der Waals surface area contributed by atoms with Gasteiger partial charge in [-0.05, 0) is 131 Å². The van der Waals surface area contributed by atoms with Gasteiger partial charge >= 0.3 is 0 Å². The molecule has 84 heavy (non-hydrogen) atoms. The van der Waals surface area contributed by atoms with E-state index in [2.05, 4.69) is 57.5 Å². The summed E-state index contributed by atoms with van der Waals surface area (Å²) in [6, 6.07) is 12.4. The fourth-order valence-electron chi connectivity index (χ4n) is 7.94. The summed E-state index contributed by atoms with van der Waals surface area (Å²) in [7, 11) is 1.35. The zero-order chi connectivity index (χ0) is 61.9. The number of amides is 8. The standard InChI is InChI=1S/C53H74N20O11/c1-84-42-18-15-32(26-35(42)43(56)76)70-48(81)37(11-5-21-65-52(59)60)71-44(77)28-7-2-8-29(23-28)68-49(82)39(12-6-22-66-53(61)62)73-46(79)34-25-31(14-17-41(34)75)69-50(83)38(10-4-19-63-27-54)72-45(78)33-24-30(13-16-40(33)74)67-47(80)36(55)9-3-20-64-51(57)58/h2,7-8,13-18,23-26,36-39,63,74-75H,3-6,9-12,19-22,27,54-55H2,1H3,(H2,56,76)(H,67,80)(H,68,82)(H,69,83)(H,70,81)(H,71,77)(H,72,78)(H,73,79)(H4,57,58,64)(H4,59,60,65)(H4,61,62,66)/t36-,37-,38-,39-/m1/s1. The number of benzene rings is 4. The van der Waals surface area contributed by atoms with Crippen molar-refractivity contribution in [1.29, 1.82) is 0 Å². The van der Waals surface area contributed by atoms with Gasteiger partial charge in [-0.2, -0.15) is 0 Å². The van der Waals surface area contributed by atoms with Gasteiger partial charge in [0.05, 0.1) is 29.8 Å². The minimum atomic E-state index is -1.34. The number of hydrogen-bond acceptors (Lipinski definition) is 17. The van der Waals surface area contributed by atoms with Crippen molar-refractivity contribution >= 4 is 87.9 Å². The number of carbonyl (C=O) groups excluding carboxylic acids is 8. The maximum atomic E-state index is 14.1. The third-order valence-corrected chi connectivity index (χ3v) is 12.2. The minimum Gasteiger partial charge on any atom is -0.507 e. The maximum absolute atomic E-state index is 14.1. The lowest BCUT2D eigenvalue weighted by Gasteiger charge is -2.21. The van der Waals surface area contributed by atoms with Crippen LogP contribution in [0.5, 0.6) is 17.2 Å². The topological polar surface area (TPSA) is 554 Å². The maximum Gasteiger partial charge on any atom is 0.255 e. The highest BCUT2D eigenvalue weighted by molar-refractivity contribution is 6.07. The van der Waals surface area contributed by atoms with E-state index in [0.29, 0.717) is 19.4 Å². The van der Waals surface area contributed by atoms with Crippen LogP contribution in [0.2, 0.25) is 0 Å². The molecule has 0 saturated heterocycles. The van der Waals surface area contributed by atoms with Crippen LogP contribution in [0.1, 0.15) is 92.8 Å². The second kappa shape index (κ2) is 33.5. The number of phenols is 2. The Morgan fingerprint density at radius 3 is 1.35 bits per heavy atom. The van der Waals surface area contributed by atoms with Crippen LogP contribution in [0.15, 0.2) is 93.8 Å². The van der Waals surface area contributed by atoms with Crippen LogP contribution in [0.25, 0.3) is 0 Å². The predicted octanol–water partition coefficient (Wildman–Crippen LogP) is -1.87. The number of primary amides is 1. The third kappa shape index (κ3) is 22.0. The minimum absolute atomic E-state index is 0.00248. The Bertz CT molecular complexity index is 3070. The van der Waals surface area contributed by atoms with Crippen molar-refractivity contribution in [3.63, 3.8) is 0 Å². The number of carbonyl (C=O) groups is 8. The molecule has 452 valence electrons. The van der Waals surface area contributed by atoms with E-state index in [4.69, 9.17) is 56.3 Å². The van der Waals surface area contributed by atoms with E-state index in [9.17, 15) is 48.6 Å². The molecule has 0 aromatic heterocycles. The molecule has 4 rings (SSSR count). The molecule has 0 heterocycles. The molecule has 0 unspecified atom stereocenters. The highest BCUT2D eigenvalue weighted by Crippen LogP contribution is 2.26. The van der Waals surface area contributed by atoms with Gasteiger partial charge in [0.15, 0.2) is 17.9 Å². The molecule has 0 bridgehead atoms. The Kier molecular flexibility index (Phi) is 26.4. The van der Waals surface area contributed by atoms with E-state index in [1.165, 1.54) is 73.8 Å². The Morgan fingerprint density at radius 2 is 0.905 bits per heavy atom. The number of aliphatic imine (C=N–C) groups is 3. The van der Waals surface area contributed by atoms with Gasteiger partial charge in [0, 0.05) is 54.6 Å². The molecule has 0 aliphatic heterocycles. The average molecular weight is 1170 g/mol. The predicted molar refractivity (Wildman–Crippen MR) is 316 cm³/mol. The largest absolute Gasteiger partial charge is 0.507 e. The van der Waals surface area contributed by atoms with Crippen LogP contribution in [0, 0.1) is 0 Å². The summed E-state index contributed by atoms with van der Waals surface area (Å²) in [5.41, 5.74) is 49.4. The van der Waals surface area contributed by atoms with E-state index in [1.54, 1.807) is 0 Å². The average Bonchev–Trinajstić information content (AvgIpc) is 3.53. The molecule has 4 aromatic carbocycles. The number of phenolic OH excluding ortho intramolecular Hbond substituents is 2. The zero-order valence-corrected chi connectivity index (χ0v) is 46.1. The van der Waals surface area contributed by atoms with Gasteiger partial charge in [-0.3, -0.25) is 53.3 Å². The summed E-state index contributed by atoms with van der Waals surface area (Å²) in [6.45, 7) is 0.904. The van der Waals surface area contributed by atoms with Crippen LogP contribution in [-0.4, -0.2) is 139 Å². The molecule has 31 heteroatoms. The van der Waals surface area contributed by atoms with Crippen molar-refractivity contribution in [2.24, 2.45) is 66.6 Å². The molecule has 0 radical (unpaired) electrons. The number of ether oxygens (including phenoxy) is 1. The van der Waals surface area contributed by atoms with Crippen molar-refractivity contribution in [2.45, 2.75) is 75.5 Å². The van der Waals surface area contributed by atoms with Crippen LogP contribution in [-0.2, 0) is 19.2 Å². The highest BCUT2D eigenvalue weighted by atomic mass is 16.5. The first kappa shape index (κ1) is 66.2. The number of guanidine groups is 3. The molecule has 0 saturated carbocycles. The number of nitrogens with two attached hydrogens (primary N) is 9. The normalized spacial score (nSPS) is 12.1. The molecule has 0 aliphatic rings. The molecule has 4 aromatic rings. The van der Waals surface area contributed by atoms with E-state index < -0.39 is 82.9 Å². The van der Waals surface area contributed by atoms with Crippen LogP contribution >= 0.6 is 0 Å². The zero-order valence-electron chi connectivity index (χ0n) is 46.1. The highest BCUT2D eigenvalue weighted by Gasteiger charge is 2.28. The van der Waals surface area contributed by atoms with Crippen molar-refractivity contribution in [3.05, 3.63) is 101 Å². The third-order valence-electron chi connectivity index (χ3n) is 12.2.